The van der Waals surface area contributed by atoms with Gasteiger partial charge in [0.2, 0.25) is 0 Å². The van der Waals surface area contributed by atoms with E-state index in [-0.39, 0.29) is 6.04 Å². The van der Waals surface area contributed by atoms with E-state index in [1.165, 1.54) is 12.1 Å². The third-order valence-electron chi connectivity index (χ3n) is 5.50. The van der Waals surface area contributed by atoms with Crippen molar-refractivity contribution in [1.82, 2.24) is 20.5 Å². The van der Waals surface area contributed by atoms with Crippen LogP contribution in [-0.4, -0.2) is 56.1 Å². The van der Waals surface area contributed by atoms with Gasteiger partial charge < -0.3 is 15.5 Å². The molecule has 0 amide bonds. The molecule has 1 saturated heterocycles. The highest BCUT2D eigenvalue weighted by Crippen LogP contribution is 2.30. The Bertz CT molecular complexity index is 905. The van der Waals surface area contributed by atoms with Crippen molar-refractivity contribution in [3.63, 3.8) is 0 Å². The van der Waals surface area contributed by atoms with Gasteiger partial charge in [0.1, 0.15) is 5.82 Å². The molecule has 0 unspecified atom stereocenters. The fraction of sp³-hybridized carbons (Fsp3) is 0.478. The molecule has 0 bridgehead atoms. The molecule has 1 aromatic carbocycles. The lowest BCUT2D eigenvalue weighted by molar-refractivity contribution is -0.137. The van der Waals surface area contributed by atoms with Crippen LogP contribution >= 0.6 is 0 Å². The molecule has 1 fully saturated rings. The number of halogens is 3. The number of nitrogens with one attached hydrogen (secondary N) is 2. The van der Waals surface area contributed by atoms with Gasteiger partial charge in [0, 0.05) is 46.8 Å². The van der Waals surface area contributed by atoms with Crippen LogP contribution in [0.5, 0.6) is 0 Å². The van der Waals surface area contributed by atoms with Crippen LogP contribution in [0.4, 0.5) is 19.0 Å². The summed E-state index contributed by atoms with van der Waals surface area (Å²) >= 11 is 0. The van der Waals surface area contributed by atoms with Crippen molar-refractivity contribution in [2.24, 2.45) is 4.99 Å². The zero-order valence-electron chi connectivity index (χ0n) is 18.8. The fourth-order valence-corrected chi connectivity index (χ4v) is 3.72. The van der Waals surface area contributed by atoms with Crippen LogP contribution < -0.4 is 15.5 Å². The fourth-order valence-electron chi connectivity index (χ4n) is 3.72. The monoisotopic (exact) mass is 448 g/mol. The number of hydrogen-bond acceptors (Lipinski definition) is 4. The first kappa shape index (κ1) is 23.8. The summed E-state index contributed by atoms with van der Waals surface area (Å²) in [7, 11) is 5.65. The number of guanidine groups is 1. The zero-order valence-corrected chi connectivity index (χ0v) is 18.8. The van der Waals surface area contributed by atoms with Gasteiger partial charge in [0.05, 0.1) is 17.8 Å². The van der Waals surface area contributed by atoms with E-state index in [4.69, 9.17) is 0 Å². The molecule has 2 heterocycles. The molecule has 3 rings (SSSR count). The number of alkyl halides is 3. The lowest BCUT2D eigenvalue weighted by Crippen LogP contribution is -2.48. The maximum absolute atomic E-state index is 12.9. The predicted molar refractivity (Wildman–Crippen MR) is 122 cm³/mol. The molecule has 0 aliphatic carbocycles. The second-order valence-corrected chi connectivity index (χ2v) is 8.20. The number of nitrogens with zero attached hydrogens (tertiary/aromatic N) is 4. The van der Waals surface area contributed by atoms with Crippen molar-refractivity contribution >= 4 is 11.8 Å². The molecule has 0 spiro atoms. The minimum absolute atomic E-state index is 0.264. The van der Waals surface area contributed by atoms with Crippen molar-refractivity contribution in [3.05, 3.63) is 59.3 Å². The van der Waals surface area contributed by atoms with E-state index in [1.54, 1.807) is 13.1 Å². The highest BCUT2D eigenvalue weighted by molar-refractivity contribution is 5.79. The van der Waals surface area contributed by atoms with Crippen molar-refractivity contribution in [1.29, 1.82) is 0 Å². The summed E-state index contributed by atoms with van der Waals surface area (Å²) < 4.78 is 38.8. The molecule has 0 atom stereocenters. The van der Waals surface area contributed by atoms with Crippen LogP contribution in [0.15, 0.2) is 47.5 Å². The Labute approximate surface area is 187 Å². The standard InChI is InChI=1S/C23H31F3N6/c1-27-22(28-15-20-8-5-9-21(29-20)31(2)3)30-19-10-12-32(13-11-19)16-17-6-4-7-18(14-17)23(24,25)26/h4-9,14,19H,10-13,15-16H2,1-3H3,(H2,27,28,30). The summed E-state index contributed by atoms with van der Waals surface area (Å²) in [5, 5.41) is 6.76. The highest BCUT2D eigenvalue weighted by Gasteiger charge is 2.30. The zero-order chi connectivity index (χ0) is 23.1. The normalized spacial score (nSPS) is 16.1. The molecule has 2 aromatic rings. The average Bonchev–Trinajstić information content (AvgIpc) is 2.77. The molecule has 6 nitrogen and oxygen atoms in total. The van der Waals surface area contributed by atoms with Gasteiger partial charge in [-0.3, -0.25) is 9.89 Å². The quantitative estimate of drug-likeness (QED) is 0.523. The largest absolute Gasteiger partial charge is 0.416 e. The van der Waals surface area contributed by atoms with Crippen molar-refractivity contribution in [2.45, 2.75) is 38.1 Å². The summed E-state index contributed by atoms with van der Waals surface area (Å²) in [4.78, 5) is 13.1. The average molecular weight is 449 g/mol. The van der Waals surface area contributed by atoms with Gasteiger partial charge in [-0.25, -0.2) is 4.98 Å². The molecule has 1 aliphatic heterocycles. The summed E-state index contributed by atoms with van der Waals surface area (Å²) in [5.74, 6) is 1.62. The number of hydrogen-bond donors (Lipinski definition) is 2. The molecule has 1 aliphatic rings. The van der Waals surface area contributed by atoms with Gasteiger partial charge in [0.15, 0.2) is 5.96 Å². The number of likely N-dealkylation sites (tertiary alicyclic amines) is 1. The van der Waals surface area contributed by atoms with E-state index < -0.39 is 11.7 Å². The Morgan fingerprint density at radius 2 is 1.88 bits per heavy atom. The second-order valence-electron chi connectivity index (χ2n) is 8.20. The molecule has 2 N–H and O–H groups in total. The second kappa shape index (κ2) is 10.7. The smallest absolute Gasteiger partial charge is 0.363 e. The SMILES string of the molecule is CN=C(NCc1cccc(N(C)C)n1)NC1CCN(Cc2cccc(C(F)(F)F)c2)CC1. The summed E-state index contributed by atoms with van der Waals surface area (Å²) in [5.41, 5.74) is 1.03. The highest BCUT2D eigenvalue weighted by atomic mass is 19.4. The third kappa shape index (κ3) is 6.85. The first-order valence-electron chi connectivity index (χ1n) is 10.7. The van der Waals surface area contributed by atoms with Crippen molar-refractivity contribution in [3.8, 4) is 0 Å². The van der Waals surface area contributed by atoms with E-state index in [0.29, 0.717) is 18.7 Å². The van der Waals surface area contributed by atoms with Crippen LogP contribution in [-0.2, 0) is 19.3 Å². The number of anilines is 1. The minimum atomic E-state index is -4.31. The summed E-state index contributed by atoms with van der Waals surface area (Å²) in [6.45, 7) is 2.72. The van der Waals surface area contributed by atoms with E-state index in [0.717, 1.165) is 49.5 Å². The van der Waals surface area contributed by atoms with Crippen LogP contribution in [0.3, 0.4) is 0 Å². The van der Waals surface area contributed by atoms with Gasteiger partial charge in [-0.15, -0.1) is 0 Å². The number of aliphatic imine (C=N–C) groups is 1. The maximum Gasteiger partial charge on any atom is 0.416 e. The summed E-state index contributed by atoms with van der Waals surface area (Å²) in [6.07, 6.45) is -2.51. The van der Waals surface area contributed by atoms with E-state index in [9.17, 15) is 13.2 Å². The van der Waals surface area contributed by atoms with Gasteiger partial charge >= 0.3 is 6.18 Å². The topological polar surface area (TPSA) is 55.8 Å². The summed E-state index contributed by atoms with van der Waals surface area (Å²) in [6, 6.07) is 11.8. The lowest BCUT2D eigenvalue weighted by atomic mass is 10.0. The third-order valence-corrected chi connectivity index (χ3v) is 5.50. The molecule has 174 valence electrons. The number of piperidine rings is 1. The number of pyridine rings is 1. The molecule has 1 aromatic heterocycles. The Morgan fingerprint density at radius 1 is 1.16 bits per heavy atom. The maximum atomic E-state index is 12.9. The van der Waals surface area contributed by atoms with Crippen molar-refractivity contribution in [2.75, 3.05) is 39.1 Å². The molecule has 0 radical (unpaired) electrons. The Kier molecular flexibility index (Phi) is 7.95. The Hall–Kier alpha value is -2.81. The van der Waals surface area contributed by atoms with Crippen molar-refractivity contribution < 1.29 is 13.2 Å². The van der Waals surface area contributed by atoms with Gasteiger partial charge in [-0.05, 0) is 36.6 Å². The first-order valence-corrected chi connectivity index (χ1v) is 10.7. The van der Waals surface area contributed by atoms with E-state index >= 15 is 0 Å². The number of rotatable bonds is 6. The van der Waals surface area contributed by atoms with Crippen LogP contribution in [0.2, 0.25) is 0 Å². The minimum Gasteiger partial charge on any atom is -0.363 e. The molecule has 0 saturated carbocycles. The first-order chi connectivity index (χ1) is 15.2. The predicted octanol–water partition coefficient (Wildman–Crippen LogP) is 3.50. The molecule has 32 heavy (non-hydrogen) atoms. The Balaban J connectivity index is 1.46. The van der Waals surface area contributed by atoms with Crippen LogP contribution in [0.1, 0.15) is 29.7 Å². The van der Waals surface area contributed by atoms with E-state index in [2.05, 4.69) is 25.5 Å². The molecular weight excluding hydrogens is 417 g/mol. The number of benzene rings is 1. The van der Waals surface area contributed by atoms with Crippen LogP contribution in [0, 0.1) is 0 Å². The Morgan fingerprint density at radius 3 is 2.53 bits per heavy atom. The lowest BCUT2D eigenvalue weighted by Gasteiger charge is -2.33. The van der Waals surface area contributed by atoms with E-state index in [1.807, 2.05) is 37.2 Å². The van der Waals surface area contributed by atoms with Gasteiger partial charge in [-0.2, -0.15) is 13.2 Å². The number of aromatic nitrogens is 1. The van der Waals surface area contributed by atoms with Gasteiger partial charge in [-0.1, -0.05) is 24.3 Å². The van der Waals surface area contributed by atoms with Gasteiger partial charge in [0.25, 0.3) is 0 Å². The molecular formula is C23H31F3N6. The van der Waals surface area contributed by atoms with Crippen LogP contribution in [0.25, 0.3) is 0 Å². The molecule has 9 heteroatoms.